The van der Waals surface area contributed by atoms with E-state index in [0.29, 0.717) is 51.1 Å². The third kappa shape index (κ3) is 21.6. The van der Waals surface area contributed by atoms with E-state index in [9.17, 15) is 65.8 Å². The molecule has 19 nitrogen and oxygen atoms in total. The molecule has 2 aromatic carbocycles. The van der Waals surface area contributed by atoms with Gasteiger partial charge in [0.2, 0.25) is 31.9 Å². The van der Waals surface area contributed by atoms with Crippen molar-refractivity contribution in [2.45, 2.75) is 128 Å². The number of aliphatic hydroxyl groups excluding tert-OH is 4. The van der Waals surface area contributed by atoms with Crippen LogP contribution in [0.2, 0.25) is 0 Å². The Labute approximate surface area is 462 Å². The summed E-state index contributed by atoms with van der Waals surface area (Å²) in [5, 5.41) is 61.1. The van der Waals surface area contributed by atoms with Gasteiger partial charge in [-0.25, -0.2) is 54.2 Å². The van der Waals surface area contributed by atoms with Gasteiger partial charge in [0.15, 0.2) is 0 Å². The van der Waals surface area contributed by atoms with Crippen LogP contribution in [0.1, 0.15) is 120 Å². The van der Waals surface area contributed by atoms with Gasteiger partial charge in [0.1, 0.15) is 11.6 Å². The van der Waals surface area contributed by atoms with Crippen LogP contribution >= 0.6 is 0 Å². The van der Waals surface area contributed by atoms with Crippen LogP contribution in [0.4, 0.5) is 20.7 Å². The molecular weight excluding hydrogens is 1030 g/mol. The van der Waals surface area contributed by atoms with E-state index in [1.807, 2.05) is 27.7 Å². The van der Waals surface area contributed by atoms with Crippen molar-refractivity contribution in [3.63, 3.8) is 0 Å². The van der Waals surface area contributed by atoms with Gasteiger partial charge >= 0.3 is 37.7 Å². The summed E-state index contributed by atoms with van der Waals surface area (Å²) in [6.45, 7) is 7.38. The molecule has 0 bridgehead atoms. The van der Waals surface area contributed by atoms with E-state index < -0.39 is 80.9 Å². The Morgan fingerprint density at radius 1 is 0.649 bits per heavy atom. The van der Waals surface area contributed by atoms with E-state index in [-0.39, 0.29) is 74.3 Å². The molecule has 0 radical (unpaired) electrons. The summed E-state index contributed by atoms with van der Waals surface area (Å²) in [5.41, 5.74) is 9.16. The van der Waals surface area contributed by atoms with Crippen molar-refractivity contribution >= 4 is 93.8 Å². The summed E-state index contributed by atoms with van der Waals surface area (Å²) in [7, 11) is -4.67. The third-order valence-corrected chi connectivity index (χ3v) is 13.6. The fourth-order valence-corrected chi connectivity index (χ4v) is 7.96. The standard InChI is InChI=1S/2C22H28FN3O6S.C6H13N.Ca/c2*1-13(2)20-18(10-9-16(27)11-17(28)12-19(29)30)21(14-5-7-15(23)8-6-14)25-22(24-20)26(3)33(4,31)32;7-6-4-2-1-3-5-6;/h2*5-10,13,16-17,27-28H,11-12H2,1-4H3,(H,29,30);6H,1-5,7H2;/q;;;+2/p-2/t2*16-,17-;;/m11../s1. The van der Waals surface area contributed by atoms with Crippen molar-refractivity contribution in [3.8, 4) is 22.5 Å². The number of carbonyl (C=O) groups is 2. The number of sulfonamides is 2. The normalized spacial score (nSPS) is 14.8. The minimum atomic E-state index is -3.66. The van der Waals surface area contributed by atoms with Gasteiger partial charge in [0, 0.05) is 80.0 Å². The number of aromatic nitrogens is 4. The van der Waals surface area contributed by atoms with Crippen LogP contribution in [0.5, 0.6) is 0 Å². The number of benzene rings is 2. The number of aliphatic hydroxyl groups is 4. The number of nitrogens with two attached hydrogens (primary N) is 1. The fourth-order valence-electron chi connectivity index (χ4n) is 7.21. The smallest absolute Gasteiger partial charge is 0.550 e. The number of carboxylic acid groups (broad SMARTS) is 2. The second-order valence-corrected chi connectivity index (χ2v) is 22.3. The molecule has 5 rings (SSSR count). The van der Waals surface area contributed by atoms with Gasteiger partial charge in [-0.05, 0) is 73.2 Å². The molecule has 74 heavy (non-hydrogen) atoms. The Bertz CT molecular complexity index is 2570. The zero-order chi connectivity index (χ0) is 55.0. The Morgan fingerprint density at radius 3 is 1.23 bits per heavy atom. The van der Waals surface area contributed by atoms with Gasteiger partial charge < -0.3 is 46.0 Å². The maximum atomic E-state index is 13.5. The molecule has 1 aliphatic rings. The number of nitrogens with zero attached hydrogens (tertiary/aromatic N) is 6. The molecule has 0 spiro atoms. The van der Waals surface area contributed by atoms with Gasteiger partial charge in [-0.1, -0.05) is 71.3 Å². The quantitative estimate of drug-likeness (QED) is 0.0795. The summed E-state index contributed by atoms with van der Waals surface area (Å²) >= 11 is 0. The number of hydrogen-bond acceptors (Lipinski definition) is 17. The van der Waals surface area contributed by atoms with Gasteiger partial charge in [0.25, 0.3) is 0 Å². The second-order valence-electron chi connectivity index (χ2n) is 18.3. The average Bonchev–Trinajstić information content (AvgIpc) is 3.29. The van der Waals surface area contributed by atoms with Crippen molar-refractivity contribution in [2.75, 3.05) is 35.2 Å². The summed E-state index contributed by atoms with van der Waals surface area (Å²) in [4.78, 5) is 38.9. The summed E-state index contributed by atoms with van der Waals surface area (Å²) in [6, 6.07) is 11.5. The Balaban J connectivity index is 0.000000441. The zero-order valence-electron chi connectivity index (χ0n) is 42.9. The second kappa shape index (κ2) is 30.2. The van der Waals surface area contributed by atoms with Gasteiger partial charge in [0.05, 0.1) is 59.7 Å². The van der Waals surface area contributed by atoms with Crippen LogP contribution in [0.25, 0.3) is 34.7 Å². The summed E-state index contributed by atoms with van der Waals surface area (Å²) < 4.78 is 77.1. The fraction of sp³-hybridized carbons (Fsp3) is 0.480. The molecule has 6 N–H and O–H groups in total. The molecule has 1 saturated carbocycles. The van der Waals surface area contributed by atoms with E-state index in [4.69, 9.17) is 5.73 Å². The Hall–Kier alpha value is -4.56. The topological polar surface area (TPSA) is 314 Å². The molecular formula is C50H67CaF2N7O12S2. The first kappa shape index (κ1) is 65.6. The molecule has 1 fully saturated rings. The van der Waals surface area contributed by atoms with Crippen LogP contribution in [0.3, 0.4) is 0 Å². The maximum Gasteiger partial charge on any atom is 2.00 e. The SMILES string of the molecule is CC(C)c1nc(N(C)S(C)(=O)=O)nc(-c2ccc(F)cc2)c1C=C[C@@H](O)C[C@@H](O)CC(=O)[O-].CC(C)c1nc(N(C)S(C)(=O)=O)nc(-c2ccc(F)cc2)c1C=C[C@@H](O)C[C@@H](O)CC(=O)[O-].NC1CCCCC1.[Ca+2]. The number of carboxylic acids is 2. The molecule has 2 aromatic heterocycles. The minimum Gasteiger partial charge on any atom is -0.550 e. The molecule has 4 aromatic rings. The van der Waals surface area contributed by atoms with Gasteiger partial charge in [-0.2, -0.15) is 0 Å². The molecule has 2 heterocycles. The molecule has 402 valence electrons. The van der Waals surface area contributed by atoms with Crippen LogP contribution in [-0.2, 0) is 29.6 Å². The number of rotatable bonds is 20. The largest absolute Gasteiger partial charge is 2.00 e. The first-order valence-corrected chi connectivity index (χ1v) is 27.1. The number of hydrogen-bond donors (Lipinski definition) is 5. The number of anilines is 2. The van der Waals surface area contributed by atoms with Crippen molar-refractivity contribution < 1.29 is 65.8 Å². The molecule has 4 atom stereocenters. The monoisotopic (exact) mass is 1100 g/mol. The van der Waals surface area contributed by atoms with Gasteiger partial charge in [-0.3, -0.25) is 0 Å². The first-order valence-electron chi connectivity index (χ1n) is 23.5. The molecule has 0 aliphatic heterocycles. The van der Waals surface area contributed by atoms with Crippen molar-refractivity contribution in [1.82, 2.24) is 19.9 Å². The number of halogens is 2. The molecule has 0 unspecified atom stereocenters. The van der Waals surface area contributed by atoms with Crippen molar-refractivity contribution in [3.05, 3.63) is 94.8 Å². The number of carbonyl (C=O) groups excluding carboxylic acids is 2. The average molecular weight is 1100 g/mol. The maximum absolute atomic E-state index is 13.5. The van der Waals surface area contributed by atoms with Crippen LogP contribution in [0.15, 0.2) is 60.7 Å². The summed E-state index contributed by atoms with van der Waals surface area (Å²) in [6.07, 6.45) is 7.82. The van der Waals surface area contributed by atoms with Crippen molar-refractivity contribution in [1.29, 1.82) is 0 Å². The van der Waals surface area contributed by atoms with E-state index >= 15 is 0 Å². The van der Waals surface area contributed by atoms with E-state index in [1.165, 1.54) is 119 Å². The van der Waals surface area contributed by atoms with E-state index in [1.54, 1.807) is 0 Å². The minimum absolute atomic E-state index is 0. The van der Waals surface area contributed by atoms with Crippen LogP contribution < -0.4 is 24.6 Å². The van der Waals surface area contributed by atoms with E-state index in [0.717, 1.165) is 21.1 Å². The van der Waals surface area contributed by atoms with E-state index in [2.05, 4.69) is 19.9 Å². The molecule has 0 saturated heterocycles. The summed E-state index contributed by atoms with van der Waals surface area (Å²) in [5.74, 6) is -4.28. The predicted molar refractivity (Wildman–Crippen MR) is 277 cm³/mol. The Morgan fingerprint density at radius 2 is 0.973 bits per heavy atom. The van der Waals surface area contributed by atoms with Gasteiger partial charge in [-0.15, -0.1) is 0 Å². The van der Waals surface area contributed by atoms with Crippen LogP contribution in [-0.4, -0.2) is 164 Å². The third-order valence-electron chi connectivity index (χ3n) is 11.3. The van der Waals surface area contributed by atoms with Crippen molar-refractivity contribution in [2.24, 2.45) is 5.73 Å². The molecule has 24 heteroatoms. The molecule has 0 amide bonds. The number of aliphatic carboxylic acids is 2. The first-order chi connectivity index (χ1) is 34.0. The molecule has 1 aliphatic carbocycles. The zero-order valence-corrected chi connectivity index (χ0v) is 46.8. The predicted octanol–water partition coefficient (Wildman–Crippen LogP) is 3.03. The Kier molecular flexibility index (Phi) is 26.8. The van der Waals surface area contributed by atoms with Crippen LogP contribution in [0, 0.1) is 11.6 Å².